The standard InChI is InChI=1S/C37H44O6/c1-9-33(38)42-18-16-40-22-31-24(3)20-26(5)35(28(31)7)37(30-14-12-11-13-15-30)36-27(6)21-25(4)32(29(36)8)23-41-17-19-43-34(39)10-2/h9-15,20-21,37H,1-2,16-19,22-23H2,3-8H3. The zero-order chi connectivity index (χ0) is 31.5. The highest BCUT2D eigenvalue weighted by molar-refractivity contribution is 5.81. The van der Waals surface area contributed by atoms with E-state index in [1.54, 1.807) is 0 Å². The summed E-state index contributed by atoms with van der Waals surface area (Å²) in [6, 6.07) is 15.1. The molecule has 0 saturated carbocycles. The third-order valence-corrected chi connectivity index (χ3v) is 7.86. The first kappa shape index (κ1) is 33.5. The van der Waals surface area contributed by atoms with Crippen molar-refractivity contribution in [3.8, 4) is 0 Å². The molecular weight excluding hydrogens is 540 g/mol. The Balaban J connectivity index is 2.03. The maximum absolute atomic E-state index is 11.4. The first-order valence-electron chi connectivity index (χ1n) is 14.6. The fourth-order valence-electron chi connectivity index (χ4n) is 5.81. The molecule has 0 aliphatic rings. The number of carbonyl (C=O) groups is 2. The Bertz CT molecular complexity index is 1360. The second kappa shape index (κ2) is 16.0. The van der Waals surface area contributed by atoms with Crippen molar-refractivity contribution in [2.75, 3.05) is 26.4 Å². The van der Waals surface area contributed by atoms with Gasteiger partial charge in [0, 0.05) is 18.1 Å². The van der Waals surface area contributed by atoms with Crippen molar-refractivity contribution >= 4 is 11.9 Å². The third-order valence-electron chi connectivity index (χ3n) is 7.86. The van der Waals surface area contributed by atoms with Crippen molar-refractivity contribution in [2.45, 2.75) is 60.7 Å². The maximum Gasteiger partial charge on any atom is 0.330 e. The number of hydrogen-bond donors (Lipinski definition) is 0. The van der Waals surface area contributed by atoms with Crippen LogP contribution in [0.4, 0.5) is 0 Å². The minimum atomic E-state index is -0.455. The van der Waals surface area contributed by atoms with Crippen molar-refractivity contribution in [1.82, 2.24) is 0 Å². The lowest BCUT2D eigenvalue weighted by molar-refractivity contribution is -0.140. The van der Waals surface area contributed by atoms with Crippen LogP contribution in [0.25, 0.3) is 0 Å². The van der Waals surface area contributed by atoms with Crippen molar-refractivity contribution in [3.05, 3.63) is 129 Å². The lowest BCUT2D eigenvalue weighted by atomic mass is 9.75. The van der Waals surface area contributed by atoms with Gasteiger partial charge in [0.2, 0.25) is 0 Å². The summed E-state index contributed by atoms with van der Waals surface area (Å²) in [4.78, 5) is 22.8. The summed E-state index contributed by atoms with van der Waals surface area (Å²) < 4.78 is 22.1. The number of aryl methyl sites for hydroxylation is 4. The van der Waals surface area contributed by atoms with Gasteiger partial charge < -0.3 is 18.9 Å². The number of rotatable bonds is 15. The zero-order valence-electron chi connectivity index (χ0n) is 26.4. The molecule has 0 aliphatic carbocycles. The molecule has 0 saturated heterocycles. The molecule has 0 atom stereocenters. The molecule has 0 aromatic heterocycles. The number of benzene rings is 3. The fourth-order valence-corrected chi connectivity index (χ4v) is 5.81. The van der Waals surface area contributed by atoms with Gasteiger partial charge in [0.1, 0.15) is 13.2 Å². The highest BCUT2D eigenvalue weighted by Crippen LogP contribution is 2.42. The Morgan fingerprint density at radius 1 is 0.651 bits per heavy atom. The number of esters is 2. The van der Waals surface area contributed by atoms with E-state index in [2.05, 4.69) is 91.1 Å². The van der Waals surface area contributed by atoms with Crippen LogP contribution in [-0.4, -0.2) is 38.4 Å². The molecule has 3 aromatic carbocycles. The van der Waals surface area contributed by atoms with Gasteiger partial charge in [0.05, 0.1) is 26.4 Å². The van der Waals surface area contributed by atoms with Gasteiger partial charge in [0.15, 0.2) is 0 Å². The van der Waals surface area contributed by atoms with E-state index >= 15 is 0 Å². The summed E-state index contributed by atoms with van der Waals surface area (Å²) in [5.41, 5.74) is 13.1. The Morgan fingerprint density at radius 3 is 1.47 bits per heavy atom. The molecule has 0 heterocycles. The van der Waals surface area contributed by atoms with Crippen LogP contribution >= 0.6 is 0 Å². The zero-order valence-corrected chi connectivity index (χ0v) is 26.4. The Kier molecular flexibility index (Phi) is 12.5. The molecule has 0 radical (unpaired) electrons. The molecule has 0 aliphatic heterocycles. The van der Waals surface area contributed by atoms with Crippen LogP contribution in [0, 0.1) is 41.5 Å². The first-order valence-corrected chi connectivity index (χ1v) is 14.6. The molecule has 0 amide bonds. The van der Waals surface area contributed by atoms with Crippen LogP contribution in [0.15, 0.2) is 67.8 Å². The van der Waals surface area contributed by atoms with Gasteiger partial charge in [-0.15, -0.1) is 0 Å². The molecular formula is C37H44O6. The SMILES string of the molecule is C=CC(=O)OCCOCc1c(C)cc(C)c(C(c2ccccc2)c2c(C)cc(C)c(COCCOC(=O)C=C)c2C)c1C. The molecule has 0 fully saturated rings. The molecule has 0 spiro atoms. The van der Waals surface area contributed by atoms with E-state index in [-0.39, 0.29) is 19.1 Å². The first-order chi connectivity index (χ1) is 20.6. The Labute approximate surface area is 256 Å². The van der Waals surface area contributed by atoms with E-state index in [1.165, 1.54) is 38.9 Å². The van der Waals surface area contributed by atoms with Gasteiger partial charge in [0.25, 0.3) is 0 Å². The second-order valence-electron chi connectivity index (χ2n) is 10.7. The van der Waals surface area contributed by atoms with E-state index in [0.29, 0.717) is 26.4 Å². The topological polar surface area (TPSA) is 71.1 Å². The molecule has 3 aromatic rings. The van der Waals surface area contributed by atoms with Crippen LogP contribution in [0.3, 0.4) is 0 Å². The second-order valence-corrected chi connectivity index (χ2v) is 10.7. The van der Waals surface area contributed by atoms with E-state index in [4.69, 9.17) is 18.9 Å². The number of hydrogen-bond acceptors (Lipinski definition) is 6. The predicted molar refractivity (Wildman–Crippen MR) is 170 cm³/mol. The molecule has 0 bridgehead atoms. The summed E-state index contributed by atoms with van der Waals surface area (Å²) in [5.74, 6) is -0.921. The summed E-state index contributed by atoms with van der Waals surface area (Å²) in [6.45, 7) is 21.6. The van der Waals surface area contributed by atoms with Gasteiger partial charge in [-0.3, -0.25) is 0 Å². The largest absolute Gasteiger partial charge is 0.460 e. The van der Waals surface area contributed by atoms with Crippen molar-refractivity contribution in [3.63, 3.8) is 0 Å². The summed E-state index contributed by atoms with van der Waals surface area (Å²) in [7, 11) is 0. The highest BCUT2D eigenvalue weighted by atomic mass is 16.6. The average molecular weight is 585 g/mol. The highest BCUT2D eigenvalue weighted by Gasteiger charge is 2.27. The lowest BCUT2D eigenvalue weighted by Gasteiger charge is -2.30. The fraction of sp³-hybridized carbons (Fsp3) is 0.351. The van der Waals surface area contributed by atoms with E-state index in [9.17, 15) is 9.59 Å². The third kappa shape index (κ3) is 8.53. The van der Waals surface area contributed by atoms with Crippen molar-refractivity contribution in [2.24, 2.45) is 0 Å². The molecule has 43 heavy (non-hydrogen) atoms. The Morgan fingerprint density at radius 2 is 1.07 bits per heavy atom. The van der Waals surface area contributed by atoms with Gasteiger partial charge in [-0.25, -0.2) is 9.59 Å². The minimum Gasteiger partial charge on any atom is -0.460 e. The number of ether oxygens (including phenoxy) is 4. The molecule has 6 heteroatoms. The molecule has 3 rings (SSSR count). The normalized spacial score (nSPS) is 11.0. The Hall–Kier alpha value is -4.00. The van der Waals surface area contributed by atoms with Gasteiger partial charge in [-0.1, -0.05) is 55.6 Å². The monoisotopic (exact) mass is 584 g/mol. The lowest BCUT2D eigenvalue weighted by Crippen LogP contribution is -2.16. The van der Waals surface area contributed by atoms with E-state index in [0.717, 1.165) is 34.4 Å². The quantitative estimate of drug-likeness (QED) is 0.0814. The van der Waals surface area contributed by atoms with Crippen molar-refractivity contribution in [1.29, 1.82) is 0 Å². The van der Waals surface area contributed by atoms with Crippen LogP contribution in [-0.2, 0) is 41.8 Å². The summed E-state index contributed by atoms with van der Waals surface area (Å²) >= 11 is 0. The van der Waals surface area contributed by atoms with Gasteiger partial charge >= 0.3 is 11.9 Å². The van der Waals surface area contributed by atoms with Gasteiger partial charge in [-0.05, 0) is 103 Å². The molecule has 228 valence electrons. The average Bonchev–Trinajstić information content (AvgIpc) is 2.98. The van der Waals surface area contributed by atoms with Crippen LogP contribution < -0.4 is 0 Å². The molecule has 0 N–H and O–H groups in total. The minimum absolute atomic E-state index is 0.0120. The molecule has 6 nitrogen and oxygen atoms in total. The van der Waals surface area contributed by atoms with Crippen LogP contribution in [0.2, 0.25) is 0 Å². The van der Waals surface area contributed by atoms with Gasteiger partial charge in [-0.2, -0.15) is 0 Å². The van der Waals surface area contributed by atoms with E-state index in [1.807, 2.05) is 6.07 Å². The van der Waals surface area contributed by atoms with Crippen molar-refractivity contribution < 1.29 is 28.5 Å². The molecule has 0 unspecified atom stereocenters. The summed E-state index contributed by atoms with van der Waals surface area (Å²) in [6.07, 6.45) is 2.30. The smallest absolute Gasteiger partial charge is 0.330 e. The maximum atomic E-state index is 11.4. The van der Waals surface area contributed by atoms with Crippen LogP contribution in [0.1, 0.15) is 67.1 Å². The number of carbonyl (C=O) groups excluding carboxylic acids is 2. The van der Waals surface area contributed by atoms with E-state index < -0.39 is 11.9 Å². The van der Waals surface area contributed by atoms with Crippen LogP contribution in [0.5, 0.6) is 0 Å². The summed E-state index contributed by atoms with van der Waals surface area (Å²) in [5, 5.41) is 0. The predicted octanol–water partition coefficient (Wildman–Crippen LogP) is 7.21.